The van der Waals surface area contributed by atoms with Crippen LogP contribution in [0.2, 0.25) is 0 Å². The molecule has 0 fully saturated rings. The van der Waals surface area contributed by atoms with Crippen LogP contribution >= 0.6 is 0 Å². The zero-order valence-corrected chi connectivity index (χ0v) is 16.0. The minimum absolute atomic E-state index is 0.198. The van der Waals surface area contributed by atoms with Crippen molar-refractivity contribution >= 4 is 23.4 Å². The number of carbonyl (C=O) groups is 2. The summed E-state index contributed by atoms with van der Waals surface area (Å²) in [7, 11) is 3.86. The number of carbonyl (C=O) groups excluding carboxylic acids is 2. The molecule has 2 aromatic carbocycles. The van der Waals surface area contributed by atoms with E-state index in [0.717, 1.165) is 11.4 Å². The highest BCUT2D eigenvalue weighted by Crippen LogP contribution is 2.22. The van der Waals surface area contributed by atoms with Crippen molar-refractivity contribution in [3.8, 4) is 5.69 Å². The van der Waals surface area contributed by atoms with Gasteiger partial charge in [-0.1, -0.05) is 18.2 Å². The first-order valence-electron chi connectivity index (χ1n) is 8.90. The molecule has 1 amide bonds. The van der Waals surface area contributed by atoms with Crippen molar-refractivity contribution in [3.63, 3.8) is 0 Å². The minimum Gasteiger partial charge on any atom is -0.462 e. The predicted molar refractivity (Wildman–Crippen MR) is 108 cm³/mol. The number of aromatic nitrogens is 2. The number of para-hydroxylation sites is 1. The lowest BCUT2D eigenvalue weighted by Crippen LogP contribution is -2.18. The highest BCUT2D eigenvalue weighted by molar-refractivity contribution is 6.07. The highest BCUT2D eigenvalue weighted by Gasteiger charge is 2.22. The van der Waals surface area contributed by atoms with Gasteiger partial charge in [0.2, 0.25) is 0 Å². The van der Waals surface area contributed by atoms with E-state index in [-0.39, 0.29) is 23.9 Å². The standard InChI is InChI=1S/C21H22N4O3/c1-4-28-21(27)18-14-22-25(17-8-6-5-7-9-17)19(18)23-20(26)15-10-12-16(13-11-15)24(2)3/h5-14H,4H2,1-3H3,(H,23,26). The Hall–Kier alpha value is -3.61. The fourth-order valence-corrected chi connectivity index (χ4v) is 2.68. The maximum absolute atomic E-state index is 12.8. The fraction of sp³-hybridized carbons (Fsp3) is 0.190. The minimum atomic E-state index is -0.539. The number of ether oxygens (including phenoxy) is 1. The van der Waals surface area contributed by atoms with Crippen LogP contribution in [0.4, 0.5) is 11.5 Å². The second kappa shape index (κ2) is 8.39. The molecule has 3 rings (SSSR count). The molecule has 1 heterocycles. The molecule has 3 aromatic rings. The van der Waals surface area contributed by atoms with Gasteiger partial charge < -0.3 is 15.0 Å². The van der Waals surface area contributed by atoms with Crippen molar-refractivity contribution in [2.75, 3.05) is 30.9 Å². The van der Waals surface area contributed by atoms with Crippen molar-refractivity contribution in [1.29, 1.82) is 0 Å². The van der Waals surface area contributed by atoms with Gasteiger partial charge in [0.05, 0.1) is 18.5 Å². The molecule has 0 atom stereocenters. The number of hydrogen-bond acceptors (Lipinski definition) is 5. The van der Waals surface area contributed by atoms with Gasteiger partial charge in [-0.2, -0.15) is 5.10 Å². The monoisotopic (exact) mass is 378 g/mol. The van der Waals surface area contributed by atoms with Crippen molar-refractivity contribution in [2.24, 2.45) is 0 Å². The zero-order valence-electron chi connectivity index (χ0n) is 16.0. The molecule has 0 spiro atoms. The second-order valence-corrected chi connectivity index (χ2v) is 6.27. The average Bonchev–Trinajstić information content (AvgIpc) is 3.12. The number of nitrogens with zero attached hydrogens (tertiary/aromatic N) is 3. The SMILES string of the molecule is CCOC(=O)c1cnn(-c2ccccc2)c1NC(=O)c1ccc(N(C)C)cc1. The highest BCUT2D eigenvalue weighted by atomic mass is 16.5. The largest absolute Gasteiger partial charge is 0.462 e. The van der Waals surface area contributed by atoms with Gasteiger partial charge in [0.15, 0.2) is 5.82 Å². The number of nitrogens with one attached hydrogen (secondary N) is 1. The molecule has 144 valence electrons. The van der Waals surface area contributed by atoms with Gasteiger partial charge in [0, 0.05) is 25.3 Å². The Labute approximate surface area is 163 Å². The Kier molecular flexibility index (Phi) is 5.74. The molecule has 1 aromatic heterocycles. The van der Waals surface area contributed by atoms with E-state index < -0.39 is 5.97 Å². The topological polar surface area (TPSA) is 76.5 Å². The summed E-state index contributed by atoms with van der Waals surface area (Å²) in [5.74, 6) is -0.609. The molecule has 0 aliphatic carbocycles. The van der Waals surface area contributed by atoms with E-state index in [1.165, 1.54) is 10.9 Å². The molecule has 0 saturated heterocycles. The van der Waals surface area contributed by atoms with E-state index in [9.17, 15) is 9.59 Å². The lowest BCUT2D eigenvalue weighted by molar-refractivity contribution is 0.0527. The molecule has 0 unspecified atom stereocenters. The van der Waals surface area contributed by atoms with Gasteiger partial charge in [-0.3, -0.25) is 4.79 Å². The van der Waals surface area contributed by atoms with E-state index in [4.69, 9.17) is 4.74 Å². The first-order valence-corrected chi connectivity index (χ1v) is 8.90. The maximum Gasteiger partial charge on any atom is 0.343 e. The van der Waals surface area contributed by atoms with E-state index in [0.29, 0.717) is 5.56 Å². The predicted octanol–water partition coefficient (Wildman–Crippen LogP) is 3.37. The molecule has 0 bridgehead atoms. The van der Waals surface area contributed by atoms with Crippen molar-refractivity contribution in [2.45, 2.75) is 6.92 Å². The van der Waals surface area contributed by atoms with Crippen LogP contribution < -0.4 is 10.2 Å². The smallest absolute Gasteiger partial charge is 0.343 e. The molecule has 28 heavy (non-hydrogen) atoms. The third-order valence-electron chi connectivity index (χ3n) is 4.14. The Morgan fingerprint density at radius 2 is 1.75 bits per heavy atom. The fourth-order valence-electron chi connectivity index (χ4n) is 2.68. The number of rotatable bonds is 6. The Bertz CT molecular complexity index is 963. The normalized spacial score (nSPS) is 10.4. The van der Waals surface area contributed by atoms with Gasteiger partial charge >= 0.3 is 5.97 Å². The molecular weight excluding hydrogens is 356 g/mol. The van der Waals surface area contributed by atoms with E-state index in [1.54, 1.807) is 19.1 Å². The Morgan fingerprint density at radius 1 is 1.07 bits per heavy atom. The zero-order chi connectivity index (χ0) is 20.1. The van der Waals surface area contributed by atoms with Crippen molar-refractivity contribution in [3.05, 3.63) is 71.9 Å². The Balaban J connectivity index is 1.95. The van der Waals surface area contributed by atoms with Crippen LogP contribution in [0.15, 0.2) is 60.8 Å². The Morgan fingerprint density at radius 3 is 2.36 bits per heavy atom. The van der Waals surface area contributed by atoms with Crippen LogP contribution in [0.1, 0.15) is 27.6 Å². The van der Waals surface area contributed by atoms with Gasteiger partial charge in [0.1, 0.15) is 5.56 Å². The summed E-state index contributed by atoms with van der Waals surface area (Å²) in [6.45, 7) is 1.96. The third-order valence-corrected chi connectivity index (χ3v) is 4.14. The molecule has 7 heteroatoms. The van der Waals surface area contributed by atoms with Crippen LogP contribution in [-0.2, 0) is 4.74 Å². The van der Waals surface area contributed by atoms with Gasteiger partial charge in [-0.25, -0.2) is 9.48 Å². The summed E-state index contributed by atoms with van der Waals surface area (Å²) in [5, 5.41) is 7.08. The van der Waals surface area contributed by atoms with E-state index >= 15 is 0 Å². The molecule has 7 nitrogen and oxygen atoms in total. The van der Waals surface area contributed by atoms with E-state index in [2.05, 4.69) is 10.4 Å². The number of benzene rings is 2. The summed E-state index contributed by atoms with van der Waals surface area (Å²) in [6.07, 6.45) is 1.40. The average molecular weight is 378 g/mol. The first-order chi connectivity index (χ1) is 13.5. The summed E-state index contributed by atoms with van der Waals surface area (Å²) in [5.41, 5.74) is 2.37. The van der Waals surface area contributed by atoms with Crippen LogP contribution in [0.3, 0.4) is 0 Å². The van der Waals surface area contributed by atoms with Crippen LogP contribution in [0.25, 0.3) is 5.69 Å². The molecule has 0 aliphatic heterocycles. The van der Waals surface area contributed by atoms with Crippen LogP contribution in [0.5, 0.6) is 0 Å². The lowest BCUT2D eigenvalue weighted by Gasteiger charge is -2.13. The number of esters is 1. The maximum atomic E-state index is 12.8. The molecule has 0 radical (unpaired) electrons. The quantitative estimate of drug-likeness (QED) is 0.666. The molecule has 1 N–H and O–H groups in total. The van der Waals surface area contributed by atoms with Gasteiger partial charge in [-0.05, 0) is 43.3 Å². The van der Waals surface area contributed by atoms with Crippen molar-refractivity contribution in [1.82, 2.24) is 9.78 Å². The third kappa shape index (κ3) is 4.03. The summed E-state index contributed by atoms with van der Waals surface area (Å²) < 4.78 is 6.61. The molecule has 0 aliphatic rings. The number of hydrogen-bond donors (Lipinski definition) is 1. The van der Waals surface area contributed by atoms with Gasteiger partial charge in [-0.15, -0.1) is 0 Å². The first kappa shape index (κ1) is 19.2. The lowest BCUT2D eigenvalue weighted by atomic mass is 10.2. The second-order valence-electron chi connectivity index (χ2n) is 6.27. The summed E-state index contributed by atoms with van der Waals surface area (Å²) >= 11 is 0. The number of anilines is 2. The molecular formula is C21H22N4O3. The number of amides is 1. The van der Waals surface area contributed by atoms with Crippen molar-refractivity contribution < 1.29 is 14.3 Å². The molecule has 0 saturated carbocycles. The van der Waals surface area contributed by atoms with Crippen LogP contribution in [0, 0.1) is 0 Å². The van der Waals surface area contributed by atoms with Gasteiger partial charge in [0.25, 0.3) is 5.91 Å². The summed E-state index contributed by atoms with van der Waals surface area (Å²) in [6, 6.07) is 16.4. The van der Waals surface area contributed by atoms with E-state index in [1.807, 2.05) is 61.5 Å². The summed E-state index contributed by atoms with van der Waals surface area (Å²) in [4.78, 5) is 27.1. The van der Waals surface area contributed by atoms with Crippen LogP contribution in [-0.4, -0.2) is 42.4 Å².